The highest BCUT2D eigenvalue weighted by Crippen LogP contribution is 2.33. The zero-order valence-corrected chi connectivity index (χ0v) is 10.8. The number of nitrogens with zero attached hydrogens (tertiary/aromatic N) is 1. The number of ether oxygens (including phenoxy) is 1. The molecular formula is C11H19F3N2O2. The summed E-state index contributed by atoms with van der Waals surface area (Å²) in [4.78, 5) is 12.8. The van der Waals surface area contributed by atoms with E-state index in [1.54, 1.807) is 20.8 Å². The Kier molecular flexibility index (Phi) is 4.15. The average Bonchev–Trinajstić information content (AvgIpc) is 2.13. The molecule has 0 unspecified atom stereocenters. The quantitative estimate of drug-likeness (QED) is 0.732. The van der Waals surface area contributed by atoms with E-state index in [1.165, 1.54) is 0 Å². The smallest absolute Gasteiger partial charge is 0.410 e. The fraction of sp³-hybridized carbons (Fsp3) is 0.909. The lowest BCUT2D eigenvalue weighted by Gasteiger charge is -2.38. The van der Waals surface area contributed by atoms with Crippen molar-refractivity contribution in [3.8, 4) is 0 Å². The standard InChI is InChI=1S/C11H19F3N2O2/c1-10(2,3)18-9(17)16-5-4-8(15)7(6-16)11(12,13)14/h7-8H,4-6,15H2,1-3H3/t7-,8+/m1/s1. The first-order valence-electron chi connectivity index (χ1n) is 5.81. The first-order chi connectivity index (χ1) is 8.00. The lowest BCUT2D eigenvalue weighted by atomic mass is 9.92. The van der Waals surface area contributed by atoms with Crippen molar-refractivity contribution in [3.05, 3.63) is 0 Å². The number of piperidine rings is 1. The van der Waals surface area contributed by atoms with Gasteiger partial charge in [0.25, 0.3) is 0 Å². The molecule has 7 heteroatoms. The van der Waals surface area contributed by atoms with Crippen molar-refractivity contribution in [2.75, 3.05) is 13.1 Å². The number of nitrogens with two attached hydrogens (primary N) is 1. The monoisotopic (exact) mass is 268 g/mol. The molecule has 4 nitrogen and oxygen atoms in total. The molecule has 0 aromatic carbocycles. The third kappa shape index (κ3) is 4.04. The molecule has 106 valence electrons. The molecule has 1 heterocycles. The summed E-state index contributed by atoms with van der Waals surface area (Å²) in [6.45, 7) is 4.77. The topological polar surface area (TPSA) is 55.6 Å². The van der Waals surface area contributed by atoms with E-state index in [2.05, 4.69) is 0 Å². The number of rotatable bonds is 0. The number of halogens is 3. The van der Waals surface area contributed by atoms with Crippen LogP contribution in [-0.2, 0) is 4.74 Å². The summed E-state index contributed by atoms with van der Waals surface area (Å²) in [6.07, 6.45) is -4.98. The second-order valence-electron chi connectivity index (χ2n) is 5.53. The molecule has 1 rings (SSSR count). The van der Waals surface area contributed by atoms with E-state index in [0.29, 0.717) is 0 Å². The maximum Gasteiger partial charge on any atom is 0.410 e. The average molecular weight is 268 g/mol. The zero-order chi connectivity index (χ0) is 14.1. The molecule has 1 aliphatic heterocycles. The largest absolute Gasteiger partial charge is 0.444 e. The molecule has 1 amide bonds. The number of carbonyl (C=O) groups is 1. The predicted octanol–water partition coefficient (Wildman–Crippen LogP) is 2.13. The number of hydrogen-bond acceptors (Lipinski definition) is 3. The van der Waals surface area contributed by atoms with Crippen LogP contribution in [0.3, 0.4) is 0 Å². The van der Waals surface area contributed by atoms with Crippen LogP contribution in [0.25, 0.3) is 0 Å². The van der Waals surface area contributed by atoms with Crippen LogP contribution in [0.1, 0.15) is 27.2 Å². The Hall–Kier alpha value is -0.980. The van der Waals surface area contributed by atoms with Crippen LogP contribution in [0, 0.1) is 5.92 Å². The summed E-state index contributed by atoms with van der Waals surface area (Å²) >= 11 is 0. The minimum atomic E-state index is -4.39. The highest BCUT2D eigenvalue weighted by molar-refractivity contribution is 5.68. The maximum atomic E-state index is 12.7. The molecule has 2 N–H and O–H groups in total. The van der Waals surface area contributed by atoms with E-state index in [9.17, 15) is 18.0 Å². The Morgan fingerprint density at radius 3 is 2.33 bits per heavy atom. The minimum absolute atomic E-state index is 0.128. The highest BCUT2D eigenvalue weighted by atomic mass is 19.4. The van der Waals surface area contributed by atoms with Gasteiger partial charge in [-0.15, -0.1) is 0 Å². The number of hydrogen-bond donors (Lipinski definition) is 1. The van der Waals surface area contributed by atoms with Crippen molar-refractivity contribution in [1.82, 2.24) is 4.90 Å². The summed E-state index contributed by atoms with van der Waals surface area (Å²) < 4.78 is 43.2. The van der Waals surface area contributed by atoms with Gasteiger partial charge in [-0.25, -0.2) is 4.79 Å². The number of carbonyl (C=O) groups excluding carboxylic acids is 1. The zero-order valence-electron chi connectivity index (χ0n) is 10.8. The summed E-state index contributed by atoms with van der Waals surface area (Å²) in [5.41, 5.74) is 4.74. The highest BCUT2D eigenvalue weighted by Gasteiger charge is 2.47. The SMILES string of the molecule is CC(C)(C)OC(=O)N1CC[C@H](N)[C@H](C(F)(F)F)C1. The number of amides is 1. The molecule has 18 heavy (non-hydrogen) atoms. The Labute approximate surface area is 104 Å². The van der Waals surface area contributed by atoms with Crippen LogP contribution < -0.4 is 5.73 Å². The number of likely N-dealkylation sites (tertiary alicyclic amines) is 1. The fourth-order valence-electron chi connectivity index (χ4n) is 1.81. The Balaban J connectivity index is 2.68. The third-order valence-electron chi connectivity index (χ3n) is 2.74. The van der Waals surface area contributed by atoms with Crippen molar-refractivity contribution in [2.45, 2.75) is 45.0 Å². The summed E-state index contributed by atoms with van der Waals surface area (Å²) in [6, 6.07) is -0.955. The van der Waals surface area contributed by atoms with E-state index in [-0.39, 0.29) is 13.0 Å². The Morgan fingerprint density at radius 1 is 1.33 bits per heavy atom. The van der Waals surface area contributed by atoms with Crippen LogP contribution in [0.4, 0.5) is 18.0 Å². The Bertz CT molecular complexity index is 312. The molecule has 1 saturated heterocycles. The van der Waals surface area contributed by atoms with Gasteiger partial charge in [0.2, 0.25) is 0 Å². The van der Waals surface area contributed by atoms with Gasteiger partial charge in [0, 0.05) is 19.1 Å². The van der Waals surface area contributed by atoms with Crippen LogP contribution in [0.15, 0.2) is 0 Å². The van der Waals surface area contributed by atoms with Gasteiger partial charge in [0.05, 0.1) is 5.92 Å². The molecule has 0 aromatic rings. The van der Waals surface area contributed by atoms with Gasteiger partial charge >= 0.3 is 12.3 Å². The molecule has 0 aromatic heterocycles. The van der Waals surface area contributed by atoms with Gasteiger partial charge in [-0.05, 0) is 27.2 Å². The van der Waals surface area contributed by atoms with Crippen molar-refractivity contribution in [2.24, 2.45) is 11.7 Å². The normalized spacial score (nSPS) is 26.1. The molecule has 2 atom stereocenters. The molecular weight excluding hydrogens is 249 g/mol. The van der Waals surface area contributed by atoms with E-state index < -0.39 is 36.4 Å². The first-order valence-corrected chi connectivity index (χ1v) is 5.81. The molecule has 0 spiro atoms. The molecule has 0 saturated carbocycles. The van der Waals surface area contributed by atoms with Crippen LogP contribution in [0.2, 0.25) is 0 Å². The summed E-state index contributed by atoms with van der Waals surface area (Å²) in [7, 11) is 0. The lowest BCUT2D eigenvalue weighted by Crippen LogP contribution is -2.54. The van der Waals surface area contributed by atoms with Gasteiger partial charge in [-0.1, -0.05) is 0 Å². The van der Waals surface area contributed by atoms with Crippen molar-refractivity contribution in [3.63, 3.8) is 0 Å². The van der Waals surface area contributed by atoms with Crippen LogP contribution in [0.5, 0.6) is 0 Å². The van der Waals surface area contributed by atoms with E-state index in [0.717, 1.165) is 4.90 Å². The van der Waals surface area contributed by atoms with Crippen LogP contribution in [-0.4, -0.2) is 41.9 Å². The predicted molar refractivity (Wildman–Crippen MR) is 59.9 cm³/mol. The molecule has 1 fully saturated rings. The number of alkyl halides is 3. The van der Waals surface area contributed by atoms with Gasteiger partial charge in [-0.3, -0.25) is 0 Å². The maximum absolute atomic E-state index is 12.7. The van der Waals surface area contributed by atoms with Crippen molar-refractivity contribution in [1.29, 1.82) is 0 Å². The second kappa shape index (κ2) is 4.95. The molecule has 1 aliphatic rings. The van der Waals surface area contributed by atoms with E-state index in [4.69, 9.17) is 10.5 Å². The van der Waals surface area contributed by atoms with E-state index in [1.807, 2.05) is 0 Å². The fourth-order valence-corrected chi connectivity index (χ4v) is 1.81. The summed E-state index contributed by atoms with van der Waals surface area (Å²) in [5.74, 6) is -1.68. The first kappa shape index (κ1) is 15.1. The van der Waals surface area contributed by atoms with Crippen LogP contribution >= 0.6 is 0 Å². The minimum Gasteiger partial charge on any atom is -0.444 e. The van der Waals surface area contributed by atoms with Crippen molar-refractivity contribution < 1.29 is 22.7 Å². The van der Waals surface area contributed by atoms with Gasteiger partial charge in [0.1, 0.15) is 5.60 Å². The molecule has 0 aliphatic carbocycles. The van der Waals surface area contributed by atoms with Gasteiger partial charge in [0.15, 0.2) is 0 Å². The van der Waals surface area contributed by atoms with Crippen molar-refractivity contribution >= 4 is 6.09 Å². The molecule has 0 bridgehead atoms. The van der Waals surface area contributed by atoms with E-state index >= 15 is 0 Å². The van der Waals surface area contributed by atoms with Gasteiger partial charge < -0.3 is 15.4 Å². The summed E-state index contributed by atoms with van der Waals surface area (Å²) in [5, 5.41) is 0. The lowest BCUT2D eigenvalue weighted by molar-refractivity contribution is -0.189. The Morgan fingerprint density at radius 2 is 1.89 bits per heavy atom. The molecule has 0 radical (unpaired) electrons. The second-order valence-corrected chi connectivity index (χ2v) is 5.53. The van der Waals surface area contributed by atoms with Gasteiger partial charge in [-0.2, -0.15) is 13.2 Å². The third-order valence-corrected chi connectivity index (χ3v) is 2.74.